The van der Waals surface area contributed by atoms with Crippen molar-refractivity contribution in [2.45, 2.75) is 33.1 Å². The van der Waals surface area contributed by atoms with E-state index in [-0.39, 0.29) is 5.91 Å². The molecule has 1 rings (SSSR count). The summed E-state index contributed by atoms with van der Waals surface area (Å²) in [5, 5.41) is 6.08. The van der Waals surface area contributed by atoms with E-state index in [0.717, 1.165) is 18.7 Å². The van der Waals surface area contributed by atoms with Crippen molar-refractivity contribution in [1.29, 1.82) is 0 Å². The Labute approximate surface area is 109 Å². The van der Waals surface area contributed by atoms with Crippen LogP contribution in [0.1, 0.15) is 33.1 Å². The summed E-state index contributed by atoms with van der Waals surface area (Å²) >= 11 is 0. The van der Waals surface area contributed by atoms with Gasteiger partial charge in [0.05, 0.1) is 12.8 Å². The molecule has 4 heteroatoms. The molecule has 0 saturated heterocycles. The lowest BCUT2D eigenvalue weighted by atomic mass is 10.2. The highest BCUT2D eigenvalue weighted by molar-refractivity contribution is 5.90. The van der Waals surface area contributed by atoms with E-state index >= 15 is 0 Å². The minimum atomic E-state index is -0.100. The molecular formula is C14H22N2O2. The van der Waals surface area contributed by atoms with Crippen molar-refractivity contribution in [1.82, 2.24) is 0 Å². The number of rotatable bonds is 7. The Morgan fingerprint density at radius 1 is 1.33 bits per heavy atom. The predicted molar refractivity (Wildman–Crippen MR) is 75.3 cm³/mol. The third kappa shape index (κ3) is 4.65. The van der Waals surface area contributed by atoms with E-state index in [1.807, 2.05) is 18.2 Å². The Kier molecular flexibility index (Phi) is 6.05. The number of ether oxygens (including phenoxy) is 1. The van der Waals surface area contributed by atoms with Crippen LogP contribution in [0.15, 0.2) is 18.2 Å². The first kappa shape index (κ1) is 14.4. The molecule has 0 fully saturated rings. The van der Waals surface area contributed by atoms with Crippen LogP contribution in [0.3, 0.4) is 0 Å². The Balaban J connectivity index is 2.63. The molecule has 18 heavy (non-hydrogen) atoms. The third-order valence-electron chi connectivity index (χ3n) is 2.62. The predicted octanol–water partition coefficient (Wildman–Crippen LogP) is 3.26. The van der Waals surface area contributed by atoms with Crippen molar-refractivity contribution in [3.63, 3.8) is 0 Å². The van der Waals surface area contributed by atoms with Crippen LogP contribution < -0.4 is 15.4 Å². The number of carbonyl (C=O) groups excluding carboxylic acids is 1. The number of benzene rings is 1. The Bertz CT molecular complexity index is 391. The second-order valence-corrected chi connectivity index (χ2v) is 4.23. The van der Waals surface area contributed by atoms with Crippen LogP contribution in [0.2, 0.25) is 0 Å². The SMILES string of the molecule is CCCCCNc1ccc(NC(C)=O)c(OC)c1. The third-order valence-corrected chi connectivity index (χ3v) is 2.62. The average molecular weight is 250 g/mol. The fourth-order valence-electron chi connectivity index (χ4n) is 1.70. The summed E-state index contributed by atoms with van der Waals surface area (Å²) in [7, 11) is 1.60. The van der Waals surface area contributed by atoms with Gasteiger partial charge in [-0.15, -0.1) is 0 Å². The average Bonchev–Trinajstić information content (AvgIpc) is 2.35. The van der Waals surface area contributed by atoms with Crippen molar-refractivity contribution in [2.24, 2.45) is 0 Å². The molecule has 0 aliphatic carbocycles. The number of carbonyl (C=O) groups is 1. The largest absolute Gasteiger partial charge is 0.494 e. The van der Waals surface area contributed by atoms with E-state index in [0.29, 0.717) is 11.4 Å². The molecule has 2 N–H and O–H groups in total. The van der Waals surface area contributed by atoms with Gasteiger partial charge in [-0.1, -0.05) is 19.8 Å². The molecule has 0 aromatic heterocycles. The van der Waals surface area contributed by atoms with Gasteiger partial charge in [-0.2, -0.15) is 0 Å². The quantitative estimate of drug-likeness (QED) is 0.730. The van der Waals surface area contributed by atoms with Crippen LogP contribution in [0, 0.1) is 0 Å². The van der Waals surface area contributed by atoms with Gasteiger partial charge in [0.2, 0.25) is 5.91 Å². The lowest BCUT2D eigenvalue weighted by Crippen LogP contribution is -2.08. The zero-order chi connectivity index (χ0) is 13.4. The summed E-state index contributed by atoms with van der Waals surface area (Å²) in [4.78, 5) is 11.0. The molecule has 1 aromatic carbocycles. The topological polar surface area (TPSA) is 50.4 Å². The highest BCUT2D eigenvalue weighted by Gasteiger charge is 2.05. The molecule has 4 nitrogen and oxygen atoms in total. The molecule has 0 saturated carbocycles. The van der Waals surface area contributed by atoms with Gasteiger partial charge < -0.3 is 15.4 Å². The van der Waals surface area contributed by atoms with Crippen molar-refractivity contribution < 1.29 is 9.53 Å². The standard InChI is InChI=1S/C14H22N2O2/c1-4-5-6-9-15-12-7-8-13(16-11(2)17)14(10-12)18-3/h7-8,10,15H,4-6,9H2,1-3H3,(H,16,17). The number of hydrogen-bond acceptors (Lipinski definition) is 3. The molecule has 1 amide bonds. The first-order chi connectivity index (χ1) is 8.67. The van der Waals surface area contributed by atoms with Gasteiger partial charge in [-0.05, 0) is 18.6 Å². The summed E-state index contributed by atoms with van der Waals surface area (Å²) in [6, 6.07) is 5.69. The van der Waals surface area contributed by atoms with E-state index in [9.17, 15) is 4.79 Å². The Morgan fingerprint density at radius 3 is 2.72 bits per heavy atom. The zero-order valence-electron chi connectivity index (χ0n) is 11.4. The van der Waals surface area contributed by atoms with E-state index in [1.165, 1.54) is 19.8 Å². The van der Waals surface area contributed by atoms with Gasteiger partial charge >= 0.3 is 0 Å². The van der Waals surface area contributed by atoms with E-state index in [1.54, 1.807) is 7.11 Å². The summed E-state index contributed by atoms with van der Waals surface area (Å²) in [5.41, 5.74) is 1.71. The summed E-state index contributed by atoms with van der Waals surface area (Å²) in [6.07, 6.45) is 3.60. The molecule has 0 spiro atoms. The van der Waals surface area contributed by atoms with Crippen LogP contribution in [-0.4, -0.2) is 19.6 Å². The van der Waals surface area contributed by atoms with Crippen LogP contribution in [-0.2, 0) is 4.79 Å². The maximum absolute atomic E-state index is 11.0. The normalized spacial score (nSPS) is 9.94. The lowest BCUT2D eigenvalue weighted by molar-refractivity contribution is -0.114. The number of nitrogens with one attached hydrogen (secondary N) is 2. The molecule has 0 radical (unpaired) electrons. The second-order valence-electron chi connectivity index (χ2n) is 4.23. The fourth-order valence-corrected chi connectivity index (χ4v) is 1.70. The minimum absolute atomic E-state index is 0.100. The smallest absolute Gasteiger partial charge is 0.221 e. The van der Waals surface area contributed by atoms with Crippen molar-refractivity contribution in [2.75, 3.05) is 24.3 Å². The maximum Gasteiger partial charge on any atom is 0.221 e. The Morgan fingerprint density at radius 2 is 2.11 bits per heavy atom. The first-order valence-corrected chi connectivity index (χ1v) is 6.37. The zero-order valence-corrected chi connectivity index (χ0v) is 11.4. The number of unbranched alkanes of at least 4 members (excludes halogenated alkanes) is 2. The summed E-state index contributed by atoms with van der Waals surface area (Å²) in [5.74, 6) is 0.572. The molecular weight excluding hydrogens is 228 g/mol. The molecule has 0 bridgehead atoms. The summed E-state index contributed by atoms with van der Waals surface area (Å²) in [6.45, 7) is 4.62. The van der Waals surface area contributed by atoms with Gasteiger partial charge in [0.25, 0.3) is 0 Å². The number of methoxy groups -OCH3 is 1. The first-order valence-electron chi connectivity index (χ1n) is 6.37. The Hall–Kier alpha value is -1.71. The van der Waals surface area contributed by atoms with E-state index in [4.69, 9.17) is 4.74 Å². The monoisotopic (exact) mass is 250 g/mol. The van der Waals surface area contributed by atoms with E-state index < -0.39 is 0 Å². The van der Waals surface area contributed by atoms with Crippen molar-refractivity contribution >= 4 is 17.3 Å². The molecule has 0 aliphatic rings. The van der Waals surface area contributed by atoms with Crippen LogP contribution in [0.25, 0.3) is 0 Å². The van der Waals surface area contributed by atoms with Gasteiger partial charge in [-0.3, -0.25) is 4.79 Å². The van der Waals surface area contributed by atoms with E-state index in [2.05, 4.69) is 17.6 Å². The van der Waals surface area contributed by atoms with Gasteiger partial charge in [0.1, 0.15) is 5.75 Å². The highest BCUT2D eigenvalue weighted by Crippen LogP contribution is 2.27. The van der Waals surface area contributed by atoms with Gasteiger partial charge in [-0.25, -0.2) is 0 Å². The fraction of sp³-hybridized carbons (Fsp3) is 0.500. The molecule has 0 unspecified atom stereocenters. The molecule has 1 aromatic rings. The second kappa shape index (κ2) is 7.58. The van der Waals surface area contributed by atoms with Gasteiger partial charge in [0, 0.05) is 25.2 Å². The molecule has 100 valence electrons. The number of amides is 1. The van der Waals surface area contributed by atoms with Gasteiger partial charge in [0.15, 0.2) is 0 Å². The molecule has 0 heterocycles. The maximum atomic E-state index is 11.0. The molecule has 0 aliphatic heterocycles. The number of hydrogen-bond donors (Lipinski definition) is 2. The lowest BCUT2D eigenvalue weighted by Gasteiger charge is -2.12. The van der Waals surface area contributed by atoms with Crippen molar-refractivity contribution in [3.8, 4) is 5.75 Å². The van der Waals surface area contributed by atoms with Crippen LogP contribution in [0.5, 0.6) is 5.75 Å². The summed E-state index contributed by atoms with van der Waals surface area (Å²) < 4.78 is 5.26. The number of anilines is 2. The van der Waals surface area contributed by atoms with Crippen LogP contribution >= 0.6 is 0 Å². The van der Waals surface area contributed by atoms with Crippen LogP contribution in [0.4, 0.5) is 11.4 Å². The van der Waals surface area contributed by atoms with Crippen molar-refractivity contribution in [3.05, 3.63) is 18.2 Å². The highest BCUT2D eigenvalue weighted by atomic mass is 16.5. The minimum Gasteiger partial charge on any atom is -0.494 e. The molecule has 0 atom stereocenters.